The highest BCUT2D eigenvalue weighted by Crippen LogP contribution is 2.39. The van der Waals surface area contributed by atoms with Gasteiger partial charge in [0.2, 0.25) is 0 Å². The van der Waals surface area contributed by atoms with Crippen LogP contribution in [0.5, 0.6) is 0 Å². The summed E-state index contributed by atoms with van der Waals surface area (Å²) in [6, 6.07) is 10.0. The van der Waals surface area contributed by atoms with Gasteiger partial charge in [-0.25, -0.2) is 0 Å². The normalized spacial score (nSPS) is 29.4. The van der Waals surface area contributed by atoms with E-state index in [9.17, 15) is 0 Å². The average molecular weight is 272 g/mol. The van der Waals surface area contributed by atoms with Crippen molar-refractivity contribution in [1.29, 1.82) is 0 Å². The molecule has 1 aromatic carbocycles. The molecule has 4 atom stereocenters. The number of nitrogens with one attached hydrogen (secondary N) is 1. The molecule has 1 aliphatic carbocycles. The summed E-state index contributed by atoms with van der Waals surface area (Å²) in [4.78, 5) is 2.72. The molecule has 3 rings (SSSR count). The van der Waals surface area contributed by atoms with Crippen molar-refractivity contribution in [3.63, 3.8) is 0 Å². The Kier molecular flexibility index (Phi) is 4.13. The van der Waals surface area contributed by atoms with E-state index >= 15 is 0 Å². The van der Waals surface area contributed by atoms with Crippen LogP contribution in [-0.2, 0) is 0 Å². The maximum Gasteiger partial charge on any atom is 0.0473 e. The Balaban J connectivity index is 1.71. The van der Waals surface area contributed by atoms with Gasteiger partial charge in [-0.2, -0.15) is 0 Å². The van der Waals surface area contributed by atoms with Crippen LogP contribution in [0.25, 0.3) is 0 Å². The molecule has 2 nitrogen and oxygen atoms in total. The molecular weight excluding hydrogens is 244 g/mol. The summed E-state index contributed by atoms with van der Waals surface area (Å²) >= 11 is 0. The van der Waals surface area contributed by atoms with Gasteiger partial charge in [0.15, 0.2) is 0 Å². The Labute approximate surface area is 123 Å². The average Bonchev–Trinajstić information content (AvgIpc) is 3.02. The smallest absolute Gasteiger partial charge is 0.0473 e. The molecule has 20 heavy (non-hydrogen) atoms. The third kappa shape index (κ3) is 2.64. The number of fused-ring (bicyclic) bond motifs is 1. The van der Waals surface area contributed by atoms with Crippen molar-refractivity contribution in [3.05, 3.63) is 35.4 Å². The summed E-state index contributed by atoms with van der Waals surface area (Å²) in [5, 5.41) is 3.54. The summed E-state index contributed by atoms with van der Waals surface area (Å²) in [5.74, 6) is 1.96. The van der Waals surface area contributed by atoms with Crippen LogP contribution in [0.1, 0.15) is 43.4 Å². The van der Waals surface area contributed by atoms with Crippen molar-refractivity contribution < 1.29 is 0 Å². The Bertz CT molecular complexity index is 427. The summed E-state index contributed by atoms with van der Waals surface area (Å²) in [5.41, 5.74) is 2.76. The molecule has 110 valence electrons. The molecule has 1 aromatic rings. The topological polar surface area (TPSA) is 15.3 Å². The fourth-order valence-electron chi connectivity index (χ4n) is 4.27. The minimum atomic E-state index is 0.439. The maximum absolute atomic E-state index is 3.54. The van der Waals surface area contributed by atoms with E-state index in [-0.39, 0.29) is 0 Å². The Morgan fingerprint density at radius 3 is 2.25 bits per heavy atom. The zero-order valence-electron chi connectivity index (χ0n) is 13.1. The van der Waals surface area contributed by atoms with E-state index in [2.05, 4.69) is 55.4 Å². The van der Waals surface area contributed by atoms with Crippen LogP contribution in [0, 0.1) is 18.8 Å². The van der Waals surface area contributed by atoms with Crippen molar-refractivity contribution >= 4 is 0 Å². The van der Waals surface area contributed by atoms with Gasteiger partial charge in [-0.3, -0.25) is 4.90 Å². The van der Waals surface area contributed by atoms with Crippen LogP contribution >= 0.6 is 0 Å². The predicted octanol–water partition coefficient (Wildman–Crippen LogP) is 3.38. The molecule has 1 heterocycles. The molecule has 2 fully saturated rings. The minimum Gasteiger partial charge on any atom is -0.312 e. The lowest BCUT2D eigenvalue weighted by Gasteiger charge is -2.32. The molecular formula is C18H28N2. The summed E-state index contributed by atoms with van der Waals surface area (Å²) in [7, 11) is 2.10. The van der Waals surface area contributed by atoms with Gasteiger partial charge in [-0.15, -0.1) is 0 Å². The lowest BCUT2D eigenvalue weighted by molar-refractivity contribution is 0.197. The van der Waals surface area contributed by atoms with Gasteiger partial charge in [-0.1, -0.05) is 36.2 Å². The number of rotatable bonds is 4. The van der Waals surface area contributed by atoms with E-state index in [0.29, 0.717) is 12.1 Å². The molecule has 1 saturated carbocycles. The monoisotopic (exact) mass is 272 g/mol. The van der Waals surface area contributed by atoms with Crippen LogP contribution in [0.2, 0.25) is 0 Å². The third-order valence-electron chi connectivity index (χ3n) is 5.56. The first-order chi connectivity index (χ1) is 9.69. The van der Waals surface area contributed by atoms with Gasteiger partial charge in [0.05, 0.1) is 0 Å². The van der Waals surface area contributed by atoms with Crippen LogP contribution in [0.15, 0.2) is 24.3 Å². The van der Waals surface area contributed by atoms with Crippen molar-refractivity contribution in [2.45, 2.75) is 45.2 Å². The van der Waals surface area contributed by atoms with Crippen LogP contribution in [0.3, 0.4) is 0 Å². The molecule has 1 N–H and O–H groups in total. The van der Waals surface area contributed by atoms with E-state index in [1.54, 1.807) is 0 Å². The first-order valence-corrected chi connectivity index (χ1v) is 8.17. The van der Waals surface area contributed by atoms with E-state index < -0.39 is 0 Å². The Hall–Kier alpha value is -0.860. The molecule has 0 spiro atoms. The SMILES string of the molecule is CNC(c1ccc(C)cc1)C(C)N1CC2CCCC2C1. The molecule has 0 radical (unpaired) electrons. The highest BCUT2D eigenvalue weighted by molar-refractivity contribution is 5.25. The number of likely N-dealkylation sites (tertiary alicyclic amines) is 1. The number of hydrogen-bond acceptors (Lipinski definition) is 2. The second-order valence-electron chi connectivity index (χ2n) is 6.82. The zero-order chi connectivity index (χ0) is 14.1. The second kappa shape index (κ2) is 5.87. The van der Waals surface area contributed by atoms with Crippen molar-refractivity contribution in [2.75, 3.05) is 20.1 Å². The van der Waals surface area contributed by atoms with Gasteiger partial charge >= 0.3 is 0 Å². The molecule has 1 saturated heterocycles. The molecule has 0 bridgehead atoms. The first-order valence-electron chi connectivity index (χ1n) is 8.17. The Morgan fingerprint density at radius 2 is 1.70 bits per heavy atom. The van der Waals surface area contributed by atoms with Crippen molar-refractivity contribution in [2.24, 2.45) is 11.8 Å². The molecule has 4 unspecified atom stereocenters. The van der Waals surface area contributed by atoms with E-state index in [4.69, 9.17) is 0 Å². The predicted molar refractivity (Wildman–Crippen MR) is 84.8 cm³/mol. The number of nitrogens with zero attached hydrogens (tertiary/aromatic N) is 1. The quantitative estimate of drug-likeness (QED) is 0.904. The number of aryl methyl sites for hydroxylation is 1. The lowest BCUT2D eigenvalue weighted by atomic mass is 9.98. The van der Waals surface area contributed by atoms with Gasteiger partial charge in [0, 0.05) is 25.2 Å². The van der Waals surface area contributed by atoms with E-state index in [1.807, 2.05) is 0 Å². The molecule has 2 heteroatoms. The van der Waals surface area contributed by atoms with Crippen LogP contribution < -0.4 is 5.32 Å². The van der Waals surface area contributed by atoms with Crippen LogP contribution in [0.4, 0.5) is 0 Å². The van der Waals surface area contributed by atoms with Gasteiger partial charge < -0.3 is 5.32 Å². The standard InChI is InChI=1S/C18H28N2/c1-13-7-9-15(10-8-13)18(19-3)14(2)20-11-16-5-4-6-17(16)12-20/h7-10,14,16-19H,4-6,11-12H2,1-3H3. The highest BCUT2D eigenvalue weighted by Gasteiger charge is 2.39. The summed E-state index contributed by atoms with van der Waals surface area (Å²) < 4.78 is 0. The van der Waals surface area contributed by atoms with Gasteiger partial charge in [-0.05, 0) is 51.1 Å². The fourth-order valence-corrected chi connectivity index (χ4v) is 4.27. The number of benzene rings is 1. The fraction of sp³-hybridized carbons (Fsp3) is 0.667. The maximum atomic E-state index is 3.54. The van der Waals surface area contributed by atoms with Gasteiger partial charge in [0.1, 0.15) is 0 Å². The summed E-state index contributed by atoms with van der Waals surface area (Å²) in [6.07, 6.45) is 4.39. The molecule has 0 amide bonds. The van der Waals surface area contributed by atoms with Crippen LogP contribution in [-0.4, -0.2) is 31.1 Å². The lowest BCUT2D eigenvalue weighted by Crippen LogP contribution is -2.41. The molecule has 0 aromatic heterocycles. The second-order valence-corrected chi connectivity index (χ2v) is 6.82. The molecule has 2 aliphatic rings. The van der Waals surface area contributed by atoms with E-state index in [0.717, 1.165) is 11.8 Å². The highest BCUT2D eigenvalue weighted by atomic mass is 15.2. The number of likely N-dealkylation sites (N-methyl/N-ethyl adjacent to an activating group) is 1. The minimum absolute atomic E-state index is 0.439. The zero-order valence-corrected chi connectivity index (χ0v) is 13.1. The number of hydrogen-bond donors (Lipinski definition) is 1. The van der Waals surface area contributed by atoms with E-state index in [1.165, 1.54) is 43.5 Å². The largest absolute Gasteiger partial charge is 0.312 e. The van der Waals surface area contributed by atoms with Crippen molar-refractivity contribution in [1.82, 2.24) is 10.2 Å². The Morgan fingerprint density at radius 1 is 1.10 bits per heavy atom. The first kappa shape index (κ1) is 14.1. The molecule has 1 aliphatic heterocycles. The third-order valence-corrected chi connectivity index (χ3v) is 5.56. The summed E-state index contributed by atoms with van der Waals surface area (Å²) in [6.45, 7) is 7.18. The van der Waals surface area contributed by atoms with Crippen molar-refractivity contribution in [3.8, 4) is 0 Å². The van der Waals surface area contributed by atoms with Gasteiger partial charge in [0.25, 0.3) is 0 Å².